The van der Waals surface area contributed by atoms with Gasteiger partial charge in [0, 0.05) is 50.8 Å². The third-order valence-corrected chi connectivity index (χ3v) is 4.10. The lowest BCUT2D eigenvalue weighted by atomic mass is 10.3. The molecule has 0 aliphatic carbocycles. The van der Waals surface area contributed by atoms with Gasteiger partial charge in [-0.05, 0) is 25.5 Å². The van der Waals surface area contributed by atoms with Crippen molar-refractivity contribution in [3.63, 3.8) is 0 Å². The fraction of sp³-hybridized carbons (Fsp3) is 0.471. The number of aliphatic imine (C=N–C) groups is 1. The molecule has 0 spiro atoms. The third kappa shape index (κ3) is 5.55. The lowest BCUT2D eigenvalue weighted by Crippen LogP contribution is -2.44. The lowest BCUT2D eigenvalue weighted by molar-refractivity contribution is 0.612. The molecule has 3 rings (SSSR count). The molecule has 7 nitrogen and oxygen atoms in total. The zero-order valence-corrected chi connectivity index (χ0v) is 17.1. The maximum absolute atomic E-state index is 13.9. The molecular formula is C17H25FIN7. The first-order chi connectivity index (χ1) is 12.3. The van der Waals surface area contributed by atoms with Crippen LogP contribution in [0.4, 0.5) is 10.2 Å². The molecule has 0 saturated carbocycles. The van der Waals surface area contributed by atoms with Crippen molar-refractivity contribution < 1.29 is 4.39 Å². The molecule has 2 N–H and O–H groups in total. The Kier molecular flexibility index (Phi) is 8.07. The minimum absolute atomic E-state index is 0. The second-order valence-electron chi connectivity index (χ2n) is 5.95. The minimum Gasteiger partial charge on any atom is -0.357 e. The van der Waals surface area contributed by atoms with E-state index in [1.54, 1.807) is 24.8 Å². The van der Waals surface area contributed by atoms with Crippen LogP contribution in [0.15, 0.2) is 42.0 Å². The predicted molar refractivity (Wildman–Crippen MR) is 112 cm³/mol. The van der Waals surface area contributed by atoms with Crippen molar-refractivity contribution in [2.45, 2.75) is 25.9 Å². The lowest BCUT2D eigenvalue weighted by Gasteiger charge is -2.20. The molecular weight excluding hydrogens is 448 g/mol. The van der Waals surface area contributed by atoms with Gasteiger partial charge in [0.15, 0.2) is 17.6 Å². The summed E-state index contributed by atoms with van der Waals surface area (Å²) in [7, 11) is 0. The maximum atomic E-state index is 13.9. The van der Waals surface area contributed by atoms with Crippen molar-refractivity contribution in [2.75, 3.05) is 31.1 Å². The van der Waals surface area contributed by atoms with Gasteiger partial charge in [0.25, 0.3) is 0 Å². The second kappa shape index (κ2) is 10.3. The van der Waals surface area contributed by atoms with Crippen LogP contribution in [0.1, 0.15) is 13.3 Å². The van der Waals surface area contributed by atoms with Crippen LogP contribution in [0.2, 0.25) is 0 Å². The van der Waals surface area contributed by atoms with Crippen LogP contribution in [-0.4, -0.2) is 52.7 Å². The van der Waals surface area contributed by atoms with Crippen molar-refractivity contribution >= 4 is 35.8 Å². The molecule has 9 heteroatoms. The molecule has 2 aromatic rings. The fourth-order valence-corrected chi connectivity index (χ4v) is 2.89. The Hall–Kier alpha value is -1.91. The molecule has 142 valence electrons. The number of nitrogens with zero attached hydrogens (tertiary/aromatic N) is 5. The first-order valence-corrected chi connectivity index (χ1v) is 8.62. The quantitative estimate of drug-likeness (QED) is 0.381. The van der Waals surface area contributed by atoms with Gasteiger partial charge in [-0.3, -0.25) is 4.99 Å². The van der Waals surface area contributed by atoms with Crippen LogP contribution >= 0.6 is 24.0 Å². The Morgan fingerprint density at radius 2 is 2.31 bits per heavy atom. The van der Waals surface area contributed by atoms with Crippen molar-refractivity contribution in [1.29, 1.82) is 0 Å². The van der Waals surface area contributed by atoms with Crippen molar-refractivity contribution in [3.05, 3.63) is 42.9 Å². The van der Waals surface area contributed by atoms with Crippen molar-refractivity contribution in [2.24, 2.45) is 4.99 Å². The first-order valence-electron chi connectivity index (χ1n) is 8.62. The Balaban J connectivity index is 0.00000243. The van der Waals surface area contributed by atoms with E-state index in [2.05, 4.69) is 25.6 Å². The summed E-state index contributed by atoms with van der Waals surface area (Å²) >= 11 is 0. The van der Waals surface area contributed by atoms with Gasteiger partial charge in [-0.2, -0.15) is 0 Å². The highest BCUT2D eigenvalue weighted by atomic mass is 127. The van der Waals surface area contributed by atoms with E-state index in [1.807, 2.05) is 22.6 Å². The van der Waals surface area contributed by atoms with E-state index in [-0.39, 0.29) is 35.8 Å². The molecule has 0 radical (unpaired) electrons. The Bertz CT molecular complexity index is 692. The molecule has 1 atom stereocenters. The van der Waals surface area contributed by atoms with Gasteiger partial charge >= 0.3 is 0 Å². The van der Waals surface area contributed by atoms with Crippen LogP contribution < -0.4 is 15.5 Å². The number of hydrogen-bond donors (Lipinski definition) is 2. The van der Waals surface area contributed by atoms with Crippen LogP contribution in [0.5, 0.6) is 0 Å². The molecule has 2 aromatic heterocycles. The summed E-state index contributed by atoms with van der Waals surface area (Å²) < 4.78 is 15.9. The minimum atomic E-state index is -0.274. The highest BCUT2D eigenvalue weighted by Crippen LogP contribution is 2.20. The monoisotopic (exact) mass is 473 g/mol. The first kappa shape index (κ1) is 20.4. The summed E-state index contributed by atoms with van der Waals surface area (Å²) in [5.41, 5.74) is 0. The smallest absolute Gasteiger partial charge is 0.191 e. The topological polar surface area (TPSA) is 70.4 Å². The SMILES string of the molecule is CCNC(=NCCn1ccnc1)NC1CCN(c2ncccc2F)C1.I. The number of imidazole rings is 1. The Morgan fingerprint density at radius 3 is 3.04 bits per heavy atom. The molecule has 26 heavy (non-hydrogen) atoms. The summed E-state index contributed by atoms with van der Waals surface area (Å²) in [6, 6.07) is 3.28. The normalized spacial score (nSPS) is 17.1. The van der Waals surface area contributed by atoms with E-state index in [0.717, 1.165) is 32.0 Å². The van der Waals surface area contributed by atoms with Crippen LogP contribution in [0.3, 0.4) is 0 Å². The van der Waals surface area contributed by atoms with Gasteiger partial charge in [0.05, 0.1) is 12.9 Å². The van der Waals surface area contributed by atoms with Gasteiger partial charge in [-0.15, -0.1) is 24.0 Å². The average Bonchev–Trinajstić information content (AvgIpc) is 3.27. The van der Waals surface area contributed by atoms with Crippen LogP contribution in [0.25, 0.3) is 0 Å². The summed E-state index contributed by atoms with van der Waals surface area (Å²) in [5.74, 6) is 0.939. The summed E-state index contributed by atoms with van der Waals surface area (Å²) in [6.45, 7) is 5.77. The molecule has 1 aliphatic rings. The Morgan fingerprint density at radius 1 is 1.42 bits per heavy atom. The number of rotatable bonds is 6. The van der Waals surface area contributed by atoms with E-state index in [9.17, 15) is 4.39 Å². The van der Waals surface area contributed by atoms with E-state index in [1.165, 1.54) is 6.07 Å². The van der Waals surface area contributed by atoms with Crippen LogP contribution in [0, 0.1) is 5.82 Å². The molecule has 1 fully saturated rings. The number of nitrogens with one attached hydrogen (secondary N) is 2. The molecule has 3 heterocycles. The zero-order valence-electron chi connectivity index (χ0n) is 14.8. The zero-order chi connectivity index (χ0) is 17.5. The van der Waals surface area contributed by atoms with Gasteiger partial charge in [-0.25, -0.2) is 14.4 Å². The maximum Gasteiger partial charge on any atom is 0.191 e. The number of halogens is 2. The summed E-state index contributed by atoms with van der Waals surface area (Å²) in [6.07, 6.45) is 8.01. The molecule has 0 amide bonds. The van der Waals surface area contributed by atoms with Crippen molar-refractivity contribution in [1.82, 2.24) is 25.2 Å². The summed E-state index contributed by atoms with van der Waals surface area (Å²) in [5, 5.41) is 6.70. The molecule has 1 aliphatic heterocycles. The van der Waals surface area contributed by atoms with Crippen molar-refractivity contribution in [3.8, 4) is 0 Å². The van der Waals surface area contributed by atoms with Gasteiger partial charge < -0.3 is 20.1 Å². The van der Waals surface area contributed by atoms with E-state index in [4.69, 9.17) is 0 Å². The number of guanidine groups is 1. The number of aromatic nitrogens is 3. The fourth-order valence-electron chi connectivity index (χ4n) is 2.89. The second-order valence-corrected chi connectivity index (χ2v) is 5.95. The molecule has 0 bridgehead atoms. The summed E-state index contributed by atoms with van der Waals surface area (Å²) in [4.78, 5) is 14.8. The number of hydrogen-bond acceptors (Lipinski definition) is 4. The highest BCUT2D eigenvalue weighted by Gasteiger charge is 2.25. The largest absolute Gasteiger partial charge is 0.357 e. The molecule has 0 aromatic carbocycles. The average molecular weight is 473 g/mol. The number of pyridine rings is 1. The number of anilines is 1. The van der Waals surface area contributed by atoms with Gasteiger partial charge in [0.2, 0.25) is 0 Å². The van der Waals surface area contributed by atoms with E-state index >= 15 is 0 Å². The molecule has 1 saturated heterocycles. The van der Waals surface area contributed by atoms with E-state index in [0.29, 0.717) is 18.9 Å². The van der Waals surface area contributed by atoms with E-state index < -0.39 is 0 Å². The van der Waals surface area contributed by atoms with Gasteiger partial charge in [-0.1, -0.05) is 0 Å². The predicted octanol–water partition coefficient (Wildman–Crippen LogP) is 1.87. The highest BCUT2D eigenvalue weighted by molar-refractivity contribution is 14.0. The third-order valence-electron chi connectivity index (χ3n) is 4.10. The molecule has 1 unspecified atom stereocenters. The van der Waals surface area contributed by atoms with Crippen LogP contribution in [-0.2, 0) is 6.54 Å². The Labute approximate surface area is 170 Å². The standard InChI is InChI=1S/C17H24FN7.HI/c1-2-20-17(22-8-11-24-10-7-19-13-24)23-14-5-9-25(12-14)16-15(18)4-3-6-21-16;/h3-4,6-7,10,13-14H,2,5,8-9,11-12H2,1H3,(H2,20,22,23);1H. The van der Waals surface area contributed by atoms with Gasteiger partial charge in [0.1, 0.15) is 0 Å².